The lowest BCUT2D eigenvalue weighted by atomic mass is 9.77. The molecule has 1 saturated carbocycles. The van der Waals surface area contributed by atoms with Gasteiger partial charge in [0, 0.05) is 0 Å². The van der Waals surface area contributed by atoms with Crippen LogP contribution in [0.25, 0.3) is 0 Å². The molecule has 18 heavy (non-hydrogen) atoms. The molecule has 0 heterocycles. The lowest BCUT2D eigenvalue weighted by molar-refractivity contribution is 0.347. The summed E-state index contributed by atoms with van der Waals surface area (Å²) in [5.74, 6) is 2.70. The molecule has 0 radical (unpaired) electrons. The van der Waals surface area contributed by atoms with Crippen LogP contribution in [-0.4, -0.2) is 0 Å². The fourth-order valence-electron chi connectivity index (χ4n) is 3.80. The minimum atomic E-state index is 0.853. The molecule has 0 heteroatoms. The lowest BCUT2D eigenvalue weighted by Gasteiger charge is -2.28. The molecule has 0 amide bonds. The molecule has 1 unspecified atom stereocenters. The van der Waals surface area contributed by atoms with Gasteiger partial charge in [0.1, 0.15) is 0 Å². The van der Waals surface area contributed by atoms with Gasteiger partial charge in [-0.25, -0.2) is 0 Å². The van der Waals surface area contributed by atoms with Gasteiger partial charge < -0.3 is 0 Å². The molecule has 0 saturated heterocycles. The molecule has 1 aromatic rings. The number of hydrogen-bond acceptors (Lipinski definition) is 0. The van der Waals surface area contributed by atoms with Gasteiger partial charge in [0.15, 0.2) is 0 Å². The molecule has 0 nitrogen and oxygen atoms in total. The number of hydrogen-bond donors (Lipinski definition) is 0. The summed E-state index contributed by atoms with van der Waals surface area (Å²) in [5.41, 5.74) is 4.92. The minimum Gasteiger partial charge on any atom is -0.0625 e. The van der Waals surface area contributed by atoms with E-state index in [2.05, 4.69) is 32.0 Å². The van der Waals surface area contributed by atoms with E-state index in [1.165, 1.54) is 44.9 Å². The Morgan fingerprint density at radius 1 is 0.833 bits per heavy atom. The van der Waals surface area contributed by atoms with E-state index in [-0.39, 0.29) is 0 Å². The number of benzene rings is 1. The van der Waals surface area contributed by atoms with Crippen LogP contribution in [0.15, 0.2) is 18.2 Å². The molecule has 98 valence electrons. The Morgan fingerprint density at radius 3 is 2.39 bits per heavy atom. The van der Waals surface area contributed by atoms with Gasteiger partial charge >= 0.3 is 0 Å². The van der Waals surface area contributed by atoms with Gasteiger partial charge in [0.05, 0.1) is 0 Å². The molecule has 1 atom stereocenters. The van der Waals surface area contributed by atoms with E-state index in [1.807, 2.05) is 0 Å². The van der Waals surface area contributed by atoms with E-state index in [4.69, 9.17) is 0 Å². The number of fused-ring (bicyclic) bond motifs is 1. The Labute approximate surface area is 112 Å². The first kappa shape index (κ1) is 12.3. The maximum absolute atomic E-state index is 2.54. The highest BCUT2D eigenvalue weighted by molar-refractivity contribution is 5.36. The van der Waals surface area contributed by atoms with Crippen molar-refractivity contribution in [3.63, 3.8) is 0 Å². The highest BCUT2D eigenvalue weighted by Gasteiger charge is 2.21. The summed E-state index contributed by atoms with van der Waals surface area (Å²) in [6.45, 7) is 4.80. The lowest BCUT2D eigenvalue weighted by Crippen LogP contribution is -2.14. The smallest absolute Gasteiger partial charge is 0.0162 e. The molecular formula is C18H26. The molecule has 1 aromatic carbocycles. The van der Waals surface area contributed by atoms with Gasteiger partial charge in [0.25, 0.3) is 0 Å². The van der Waals surface area contributed by atoms with Crippen LogP contribution in [0.2, 0.25) is 0 Å². The van der Waals surface area contributed by atoms with E-state index in [0.717, 1.165) is 17.8 Å². The fraction of sp³-hybridized carbons (Fsp3) is 0.667. The summed E-state index contributed by atoms with van der Waals surface area (Å²) in [5, 5.41) is 0. The molecule has 0 aliphatic heterocycles. The van der Waals surface area contributed by atoms with Gasteiger partial charge in [-0.15, -0.1) is 0 Å². The van der Waals surface area contributed by atoms with Crippen molar-refractivity contribution in [2.45, 2.75) is 64.7 Å². The zero-order chi connectivity index (χ0) is 12.5. The first-order valence-electron chi connectivity index (χ1n) is 7.84. The predicted octanol–water partition coefficient (Wildman–Crippen LogP) is 5.11. The third kappa shape index (κ3) is 2.48. The van der Waals surface area contributed by atoms with Crippen molar-refractivity contribution >= 4 is 0 Å². The molecule has 2 aliphatic rings. The van der Waals surface area contributed by atoms with Crippen LogP contribution in [0.5, 0.6) is 0 Å². The molecule has 1 fully saturated rings. The van der Waals surface area contributed by atoms with Crippen molar-refractivity contribution in [1.82, 2.24) is 0 Å². The predicted molar refractivity (Wildman–Crippen MR) is 78.0 cm³/mol. The normalized spacial score (nSPS) is 32.0. The first-order valence-corrected chi connectivity index (χ1v) is 7.84. The zero-order valence-corrected chi connectivity index (χ0v) is 11.9. The molecule has 2 aliphatic carbocycles. The highest BCUT2D eigenvalue weighted by atomic mass is 14.3. The van der Waals surface area contributed by atoms with Crippen molar-refractivity contribution in [1.29, 1.82) is 0 Å². The minimum absolute atomic E-state index is 0.853. The van der Waals surface area contributed by atoms with E-state index < -0.39 is 0 Å². The van der Waals surface area contributed by atoms with E-state index >= 15 is 0 Å². The second-order valence-corrected chi connectivity index (χ2v) is 6.83. The summed E-state index contributed by atoms with van der Waals surface area (Å²) in [7, 11) is 0. The van der Waals surface area contributed by atoms with Crippen LogP contribution in [0.1, 0.15) is 68.6 Å². The quantitative estimate of drug-likeness (QED) is 0.642. The van der Waals surface area contributed by atoms with Crippen LogP contribution in [0.4, 0.5) is 0 Å². The third-order valence-electron chi connectivity index (χ3n) is 5.19. The second-order valence-electron chi connectivity index (χ2n) is 6.83. The molecule has 0 bridgehead atoms. The van der Waals surface area contributed by atoms with Gasteiger partial charge in [-0.05, 0) is 66.5 Å². The largest absolute Gasteiger partial charge is 0.0625 e. The first-order chi connectivity index (χ1) is 8.72. The Hall–Kier alpha value is -0.780. The van der Waals surface area contributed by atoms with Gasteiger partial charge in [-0.1, -0.05) is 44.9 Å². The molecule has 3 rings (SSSR count). The van der Waals surface area contributed by atoms with Crippen molar-refractivity contribution in [2.24, 2.45) is 11.8 Å². The Kier molecular flexibility index (Phi) is 3.46. The topological polar surface area (TPSA) is 0 Å². The van der Waals surface area contributed by atoms with Crippen molar-refractivity contribution in [3.05, 3.63) is 34.9 Å². The summed E-state index contributed by atoms with van der Waals surface area (Å²) in [6, 6.07) is 7.40. The molecule has 0 aromatic heterocycles. The van der Waals surface area contributed by atoms with E-state index in [1.54, 1.807) is 16.7 Å². The maximum atomic E-state index is 2.54. The highest BCUT2D eigenvalue weighted by Crippen LogP contribution is 2.37. The average Bonchev–Trinajstić information content (AvgIpc) is 2.39. The Balaban J connectivity index is 1.78. The Bertz CT molecular complexity index is 410. The molecule has 0 spiro atoms. The monoisotopic (exact) mass is 242 g/mol. The molecule has 0 N–H and O–H groups in total. The van der Waals surface area contributed by atoms with Gasteiger partial charge in [-0.3, -0.25) is 0 Å². The number of rotatable bonds is 1. The summed E-state index contributed by atoms with van der Waals surface area (Å²) in [4.78, 5) is 0. The van der Waals surface area contributed by atoms with Crippen LogP contribution >= 0.6 is 0 Å². The summed E-state index contributed by atoms with van der Waals surface area (Å²) < 4.78 is 0. The standard InChI is InChI=1S/C18H26/c1-13-3-6-15(7-4-13)17-10-9-16-11-14(2)5-8-18(16)12-17/h9-10,12-15H,3-8,11H2,1-2H3. The zero-order valence-electron chi connectivity index (χ0n) is 11.9. The van der Waals surface area contributed by atoms with Crippen molar-refractivity contribution < 1.29 is 0 Å². The van der Waals surface area contributed by atoms with E-state index in [9.17, 15) is 0 Å². The fourth-order valence-corrected chi connectivity index (χ4v) is 3.80. The third-order valence-corrected chi connectivity index (χ3v) is 5.19. The van der Waals surface area contributed by atoms with Crippen molar-refractivity contribution in [2.75, 3.05) is 0 Å². The summed E-state index contributed by atoms with van der Waals surface area (Å²) >= 11 is 0. The van der Waals surface area contributed by atoms with E-state index in [0.29, 0.717) is 0 Å². The van der Waals surface area contributed by atoms with Gasteiger partial charge in [0.2, 0.25) is 0 Å². The summed E-state index contributed by atoms with van der Waals surface area (Å²) in [6.07, 6.45) is 9.69. The Morgan fingerprint density at radius 2 is 1.61 bits per heavy atom. The van der Waals surface area contributed by atoms with Gasteiger partial charge in [-0.2, -0.15) is 0 Å². The molecular weight excluding hydrogens is 216 g/mol. The maximum Gasteiger partial charge on any atom is -0.0162 e. The van der Waals surface area contributed by atoms with Crippen LogP contribution < -0.4 is 0 Å². The van der Waals surface area contributed by atoms with Crippen molar-refractivity contribution in [3.8, 4) is 0 Å². The second kappa shape index (κ2) is 5.07. The van der Waals surface area contributed by atoms with Crippen LogP contribution in [-0.2, 0) is 12.8 Å². The SMILES string of the molecule is CC1CCC(c2ccc3c(c2)CCC(C)C3)CC1. The average molecular weight is 242 g/mol. The van der Waals surface area contributed by atoms with Crippen LogP contribution in [0.3, 0.4) is 0 Å². The van der Waals surface area contributed by atoms with Crippen LogP contribution in [0, 0.1) is 11.8 Å². The number of aryl methyl sites for hydroxylation is 1.